The summed E-state index contributed by atoms with van der Waals surface area (Å²) in [4.78, 5) is 12.0. The molecule has 0 saturated carbocycles. The highest BCUT2D eigenvalue weighted by Crippen LogP contribution is 2.32. The number of ether oxygens (including phenoxy) is 3. The van der Waals surface area contributed by atoms with Crippen molar-refractivity contribution in [1.82, 2.24) is 0 Å². The largest absolute Gasteiger partial charge is 0.425 e. The molecule has 22 heavy (non-hydrogen) atoms. The maximum absolute atomic E-state index is 12.0. The molecule has 0 amide bonds. The summed E-state index contributed by atoms with van der Waals surface area (Å²) in [6, 6.07) is 0. The predicted molar refractivity (Wildman–Crippen MR) is 84.4 cm³/mol. The van der Waals surface area contributed by atoms with Crippen LogP contribution in [0, 0.1) is 0 Å². The first-order valence-electron chi connectivity index (χ1n) is 7.53. The molecule has 0 saturated heterocycles. The van der Waals surface area contributed by atoms with Gasteiger partial charge >= 0.3 is 11.9 Å². The van der Waals surface area contributed by atoms with E-state index >= 15 is 0 Å². The SMILES string of the molecule is C=C(C)C(=O)OC(CCC)(OC1=CC=CC1)OC1=CC=CC1. The van der Waals surface area contributed by atoms with E-state index in [-0.39, 0.29) is 0 Å². The lowest BCUT2D eigenvalue weighted by Crippen LogP contribution is -2.40. The van der Waals surface area contributed by atoms with Crippen molar-refractivity contribution in [3.8, 4) is 0 Å². The summed E-state index contributed by atoms with van der Waals surface area (Å²) in [6.07, 6.45) is 14.0. The molecule has 118 valence electrons. The minimum Gasteiger partial charge on any atom is -0.425 e. The second-order valence-corrected chi connectivity index (χ2v) is 5.34. The van der Waals surface area contributed by atoms with Gasteiger partial charge in [-0.25, -0.2) is 4.79 Å². The maximum Gasteiger partial charge on any atom is 0.418 e. The van der Waals surface area contributed by atoms with Gasteiger partial charge in [0.25, 0.3) is 0 Å². The molecule has 0 fully saturated rings. The van der Waals surface area contributed by atoms with E-state index < -0.39 is 11.9 Å². The molecular weight excluding hydrogens is 280 g/mol. The summed E-state index contributed by atoms with van der Waals surface area (Å²) in [5.74, 6) is -0.531. The molecule has 0 atom stereocenters. The first-order chi connectivity index (χ1) is 10.5. The van der Waals surface area contributed by atoms with E-state index in [1.807, 2.05) is 43.4 Å². The number of carbonyl (C=O) groups is 1. The fourth-order valence-electron chi connectivity index (χ4n) is 2.16. The van der Waals surface area contributed by atoms with Crippen molar-refractivity contribution < 1.29 is 19.0 Å². The van der Waals surface area contributed by atoms with Gasteiger partial charge in [0.1, 0.15) is 11.5 Å². The molecule has 0 aliphatic heterocycles. The minimum absolute atomic E-state index is 0.310. The van der Waals surface area contributed by atoms with Crippen LogP contribution in [0.25, 0.3) is 0 Å². The molecule has 4 heteroatoms. The summed E-state index contributed by atoms with van der Waals surface area (Å²) in [6.45, 7) is 7.21. The van der Waals surface area contributed by atoms with Crippen LogP contribution in [-0.2, 0) is 19.0 Å². The minimum atomic E-state index is -1.44. The molecule has 0 heterocycles. The Morgan fingerprint density at radius 2 is 1.73 bits per heavy atom. The smallest absolute Gasteiger partial charge is 0.418 e. The van der Waals surface area contributed by atoms with Crippen LogP contribution in [0.15, 0.2) is 60.1 Å². The Labute approximate surface area is 131 Å². The monoisotopic (exact) mass is 302 g/mol. The van der Waals surface area contributed by atoms with Gasteiger partial charge in [0.15, 0.2) is 0 Å². The van der Waals surface area contributed by atoms with Crippen molar-refractivity contribution in [1.29, 1.82) is 0 Å². The molecule has 2 rings (SSSR count). The summed E-state index contributed by atoms with van der Waals surface area (Å²) in [7, 11) is 0. The molecule has 2 aliphatic rings. The van der Waals surface area contributed by atoms with Gasteiger partial charge in [-0.3, -0.25) is 0 Å². The number of rotatable bonds is 8. The molecule has 2 aliphatic carbocycles. The zero-order valence-corrected chi connectivity index (χ0v) is 13.1. The van der Waals surface area contributed by atoms with Gasteiger partial charge < -0.3 is 14.2 Å². The second-order valence-electron chi connectivity index (χ2n) is 5.34. The molecular formula is C18H22O4. The van der Waals surface area contributed by atoms with Crippen LogP contribution in [0.5, 0.6) is 0 Å². The lowest BCUT2D eigenvalue weighted by atomic mass is 10.2. The van der Waals surface area contributed by atoms with Crippen molar-refractivity contribution in [2.75, 3.05) is 0 Å². The molecule has 0 bridgehead atoms. The number of hydrogen-bond acceptors (Lipinski definition) is 4. The number of esters is 1. The first kappa shape index (κ1) is 16.1. The van der Waals surface area contributed by atoms with Gasteiger partial charge in [-0.2, -0.15) is 0 Å². The Hall–Kier alpha value is -2.23. The Balaban J connectivity index is 2.20. The lowest BCUT2D eigenvalue weighted by molar-refractivity contribution is -0.335. The number of allylic oxidation sites excluding steroid dienone is 6. The van der Waals surface area contributed by atoms with Gasteiger partial charge in [0.05, 0.1) is 6.42 Å². The molecule has 0 spiro atoms. The zero-order valence-electron chi connectivity index (χ0n) is 13.1. The van der Waals surface area contributed by atoms with E-state index in [9.17, 15) is 4.79 Å². The van der Waals surface area contributed by atoms with Gasteiger partial charge in [-0.15, -0.1) is 0 Å². The van der Waals surface area contributed by atoms with Crippen LogP contribution in [0.3, 0.4) is 0 Å². The van der Waals surface area contributed by atoms with E-state index in [2.05, 4.69) is 6.58 Å². The highest BCUT2D eigenvalue weighted by molar-refractivity contribution is 5.87. The van der Waals surface area contributed by atoms with Crippen molar-refractivity contribution in [2.24, 2.45) is 0 Å². The van der Waals surface area contributed by atoms with Gasteiger partial charge in [0.2, 0.25) is 0 Å². The molecule has 0 aromatic heterocycles. The van der Waals surface area contributed by atoms with Crippen molar-refractivity contribution in [3.05, 3.63) is 60.1 Å². The molecule has 0 aromatic rings. The quantitative estimate of drug-likeness (QED) is 0.381. The normalized spacial score (nSPS) is 16.3. The second kappa shape index (κ2) is 7.16. The van der Waals surface area contributed by atoms with Crippen LogP contribution in [0.1, 0.15) is 39.5 Å². The number of hydrogen-bond donors (Lipinski definition) is 0. The van der Waals surface area contributed by atoms with Crippen LogP contribution in [0.2, 0.25) is 0 Å². The third kappa shape index (κ3) is 4.13. The maximum atomic E-state index is 12.0. The Morgan fingerprint density at radius 3 is 2.09 bits per heavy atom. The number of carbonyl (C=O) groups excluding carboxylic acids is 1. The van der Waals surface area contributed by atoms with Crippen molar-refractivity contribution >= 4 is 5.97 Å². The third-order valence-electron chi connectivity index (χ3n) is 3.20. The molecule has 0 radical (unpaired) electrons. The third-order valence-corrected chi connectivity index (χ3v) is 3.20. The molecule has 4 nitrogen and oxygen atoms in total. The summed E-state index contributed by atoms with van der Waals surface area (Å²) in [5, 5.41) is 0. The van der Waals surface area contributed by atoms with Gasteiger partial charge in [0, 0.05) is 18.4 Å². The lowest BCUT2D eigenvalue weighted by Gasteiger charge is -2.34. The predicted octanol–water partition coefficient (Wildman–Crippen LogP) is 4.28. The van der Waals surface area contributed by atoms with Gasteiger partial charge in [-0.05, 0) is 25.5 Å². The average Bonchev–Trinajstić information content (AvgIpc) is 3.12. The van der Waals surface area contributed by atoms with Crippen LogP contribution in [0.4, 0.5) is 0 Å². The standard InChI is InChI=1S/C18H22O4/c1-4-13-18(22-17(19)14(2)3,20-15-9-5-6-10-15)21-16-11-7-8-12-16/h5-9,11H,2,4,10,12-13H2,1,3H3. The van der Waals surface area contributed by atoms with Crippen LogP contribution in [-0.4, -0.2) is 11.9 Å². The van der Waals surface area contributed by atoms with Crippen LogP contribution < -0.4 is 0 Å². The zero-order chi connectivity index (χ0) is 16.0. The van der Waals surface area contributed by atoms with E-state index in [0.717, 1.165) is 17.9 Å². The average molecular weight is 302 g/mol. The summed E-state index contributed by atoms with van der Waals surface area (Å²) >= 11 is 0. The van der Waals surface area contributed by atoms with Crippen LogP contribution >= 0.6 is 0 Å². The molecule has 0 N–H and O–H groups in total. The Morgan fingerprint density at radius 1 is 1.18 bits per heavy atom. The summed E-state index contributed by atoms with van der Waals surface area (Å²) < 4.78 is 17.4. The summed E-state index contributed by atoms with van der Waals surface area (Å²) in [5.41, 5.74) is 0.310. The van der Waals surface area contributed by atoms with E-state index in [0.29, 0.717) is 24.8 Å². The molecule has 0 aromatic carbocycles. The fourth-order valence-corrected chi connectivity index (χ4v) is 2.16. The molecule has 0 unspecified atom stereocenters. The Kier molecular flexibility index (Phi) is 5.26. The Bertz CT molecular complexity index is 523. The van der Waals surface area contributed by atoms with Crippen molar-refractivity contribution in [2.45, 2.75) is 45.5 Å². The highest BCUT2D eigenvalue weighted by atomic mass is 16.9. The topological polar surface area (TPSA) is 44.8 Å². The van der Waals surface area contributed by atoms with E-state index in [1.165, 1.54) is 0 Å². The fraction of sp³-hybridized carbons (Fsp3) is 0.389. The first-order valence-corrected chi connectivity index (χ1v) is 7.53. The van der Waals surface area contributed by atoms with E-state index in [1.54, 1.807) is 6.92 Å². The van der Waals surface area contributed by atoms with Crippen molar-refractivity contribution in [3.63, 3.8) is 0 Å². The highest BCUT2D eigenvalue weighted by Gasteiger charge is 2.41. The van der Waals surface area contributed by atoms with E-state index in [4.69, 9.17) is 14.2 Å². The van der Waals surface area contributed by atoms with Gasteiger partial charge in [-0.1, -0.05) is 37.8 Å².